The van der Waals surface area contributed by atoms with E-state index in [4.69, 9.17) is 0 Å². The summed E-state index contributed by atoms with van der Waals surface area (Å²) in [7, 11) is 0. The number of nitrogens with one attached hydrogen (secondary N) is 1. The highest BCUT2D eigenvalue weighted by Crippen LogP contribution is 2.24. The largest absolute Gasteiger partial charge is 0.347 e. The minimum Gasteiger partial charge on any atom is -0.347 e. The van der Waals surface area contributed by atoms with Crippen LogP contribution in [0.5, 0.6) is 0 Å². The lowest BCUT2D eigenvalue weighted by Gasteiger charge is -2.20. The highest BCUT2D eigenvalue weighted by molar-refractivity contribution is 5.98. The summed E-state index contributed by atoms with van der Waals surface area (Å²) in [6.45, 7) is 5.17. The lowest BCUT2D eigenvalue weighted by atomic mass is 10.1. The standard InChI is InChI=1S/C11H13N3O5/c1-11(2,3)12-10(15)8-5-4-7(13(16)17)6-9(8)14(18)19/h4-6H,1-3H3,(H,12,15). The molecule has 0 unspecified atom stereocenters. The first-order valence-electron chi connectivity index (χ1n) is 5.37. The molecule has 102 valence electrons. The van der Waals surface area contributed by atoms with E-state index >= 15 is 0 Å². The Bertz CT molecular complexity index is 548. The van der Waals surface area contributed by atoms with Gasteiger partial charge in [0, 0.05) is 11.6 Å². The van der Waals surface area contributed by atoms with Crippen molar-refractivity contribution in [3.63, 3.8) is 0 Å². The maximum absolute atomic E-state index is 11.9. The fourth-order valence-electron chi connectivity index (χ4n) is 1.38. The molecule has 0 fully saturated rings. The van der Waals surface area contributed by atoms with Gasteiger partial charge in [0.25, 0.3) is 17.3 Å². The Kier molecular flexibility index (Phi) is 3.83. The molecule has 1 amide bonds. The van der Waals surface area contributed by atoms with Crippen LogP contribution in [0, 0.1) is 20.2 Å². The summed E-state index contributed by atoms with van der Waals surface area (Å²) in [5.41, 5.74) is -1.78. The summed E-state index contributed by atoms with van der Waals surface area (Å²) in [5.74, 6) is -0.644. The van der Waals surface area contributed by atoms with Crippen LogP contribution in [0.2, 0.25) is 0 Å². The molecule has 0 aliphatic rings. The van der Waals surface area contributed by atoms with Gasteiger partial charge in [0.2, 0.25) is 0 Å². The van der Waals surface area contributed by atoms with Gasteiger partial charge in [0.15, 0.2) is 0 Å². The molecular weight excluding hydrogens is 254 g/mol. The number of carbonyl (C=O) groups is 1. The van der Waals surface area contributed by atoms with Gasteiger partial charge < -0.3 is 5.32 Å². The van der Waals surface area contributed by atoms with E-state index in [0.717, 1.165) is 18.2 Å². The number of nitro groups is 2. The van der Waals surface area contributed by atoms with Gasteiger partial charge >= 0.3 is 0 Å². The molecule has 1 rings (SSSR count). The third-order valence-electron chi connectivity index (χ3n) is 2.12. The van der Waals surface area contributed by atoms with E-state index in [1.807, 2.05) is 0 Å². The molecule has 0 heterocycles. The fraction of sp³-hybridized carbons (Fsp3) is 0.364. The average Bonchev–Trinajstić information content (AvgIpc) is 2.25. The Hall–Kier alpha value is -2.51. The summed E-state index contributed by atoms with van der Waals surface area (Å²) in [6.07, 6.45) is 0. The van der Waals surface area contributed by atoms with Crippen molar-refractivity contribution in [1.29, 1.82) is 0 Å². The van der Waals surface area contributed by atoms with Crippen LogP contribution in [0.4, 0.5) is 11.4 Å². The number of benzene rings is 1. The SMILES string of the molecule is CC(C)(C)NC(=O)c1ccc([N+](=O)[O-])cc1[N+](=O)[O-]. The molecule has 0 radical (unpaired) electrons. The molecule has 0 atom stereocenters. The van der Waals surface area contributed by atoms with Gasteiger partial charge in [0.05, 0.1) is 15.9 Å². The fourth-order valence-corrected chi connectivity index (χ4v) is 1.38. The van der Waals surface area contributed by atoms with Gasteiger partial charge in [-0.25, -0.2) is 0 Å². The van der Waals surface area contributed by atoms with Crippen LogP contribution in [0.25, 0.3) is 0 Å². The molecule has 0 aromatic heterocycles. The van der Waals surface area contributed by atoms with Gasteiger partial charge in [-0.1, -0.05) is 0 Å². The van der Waals surface area contributed by atoms with E-state index in [0.29, 0.717) is 0 Å². The molecule has 1 aromatic rings. The van der Waals surface area contributed by atoms with Crippen LogP contribution < -0.4 is 5.32 Å². The maximum Gasteiger partial charge on any atom is 0.289 e. The van der Waals surface area contributed by atoms with E-state index in [9.17, 15) is 25.0 Å². The van der Waals surface area contributed by atoms with Crippen molar-refractivity contribution in [2.24, 2.45) is 0 Å². The third kappa shape index (κ3) is 3.73. The summed E-state index contributed by atoms with van der Waals surface area (Å²) in [4.78, 5) is 31.8. The molecule has 0 saturated heterocycles. The van der Waals surface area contributed by atoms with Gasteiger partial charge in [-0.2, -0.15) is 0 Å². The molecule has 19 heavy (non-hydrogen) atoms. The van der Waals surface area contributed by atoms with Gasteiger partial charge in [-0.05, 0) is 26.8 Å². The van der Waals surface area contributed by atoms with E-state index in [2.05, 4.69) is 5.32 Å². The molecule has 0 saturated carbocycles. The first-order valence-corrected chi connectivity index (χ1v) is 5.37. The second-order valence-electron chi connectivity index (χ2n) is 4.92. The van der Waals surface area contributed by atoms with Crippen LogP contribution >= 0.6 is 0 Å². The predicted octanol–water partition coefficient (Wildman–Crippen LogP) is 2.03. The summed E-state index contributed by atoms with van der Waals surface area (Å²) < 4.78 is 0. The number of hydrogen-bond donors (Lipinski definition) is 1. The first kappa shape index (κ1) is 14.6. The average molecular weight is 267 g/mol. The molecule has 1 N–H and O–H groups in total. The Morgan fingerprint density at radius 1 is 1.16 bits per heavy atom. The van der Waals surface area contributed by atoms with Crippen LogP contribution in [0.1, 0.15) is 31.1 Å². The molecule has 0 bridgehead atoms. The summed E-state index contributed by atoms with van der Waals surface area (Å²) >= 11 is 0. The zero-order valence-electron chi connectivity index (χ0n) is 10.7. The van der Waals surface area contributed by atoms with Gasteiger partial charge in [-0.3, -0.25) is 25.0 Å². The minimum atomic E-state index is -0.815. The molecular formula is C11H13N3O5. The highest BCUT2D eigenvalue weighted by Gasteiger charge is 2.26. The lowest BCUT2D eigenvalue weighted by molar-refractivity contribution is -0.394. The van der Waals surface area contributed by atoms with Crippen molar-refractivity contribution in [3.8, 4) is 0 Å². The molecule has 1 aromatic carbocycles. The molecule has 0 aliphatic carbocycles. The normalized spacial score (nSPS) is 10.9. The Labute approximate surface area is 108 Å². The monoisotopic (exact) mass is 267 g/mol. The Morgan fingerprint density at radius 3 is 2.16 bits per heavy atom. The van der Waals surface area contributed by atoms with Crippen LogP contribution in [-0.2, 0) is 0 Å². The maximum atomic E-state index is 11.9. The van der Waals surface area contributed by atoms with E-state index in [-0.39, 0.29) is 5.56 Å². The van der Waals surface area contributed by atoms with Crippen molar-refractivity contribution in [1.82, 2.24) is 5.32 Å². The zero-order valence-corrected chi connectivity index (χ0v) is 10.7. The molecule has 8 nitrogen and oxygen atoms in total. The molecule has 0 aliphatic heterocycles. The summed E-state index contributed by atoms with van der Waals surface area (Å²) in [5, 5.41) is 24.0. The van der Waals surface area contributed by atoms with Crippen molar-refractivity contribution in [2.75, 3.05) is 0 Å². The molecule has 0 spiro atoms. The van der Waals surface area contributed by atoms with Crippen LogP contribution in [0.15, 0.2) is 18.2 Å². The predicted molar refractivity (Wildman–Crippen MR) is 67.0 cm³/mol. The van der Waals surface area contributed by atoms with E-state index < -0.39 is 32.7 Å². The number of nitro benzene ring substituents is 2. The van der Waals surface area contributed by atoms with Gasteiger partial charge in [-0.15, -0.1) is 0 Å². The van der Waals surface area contributed by atoms with Crippen LogP contribution in [0.3, 0.4) is 0 Å². The van der Waals surface area contributed by atoms with Crippen LogP contribution in [-0.4, -0.2) is 21.3 Å². The molecule has 8 heteroatoms. The number of non-ortho nitro benzene ring substituents is 1. The minimum absolute atomic E-state index is 0.203. The number of carbonyl (C=O) groups excluding carboxylic acids is 1. The Morgan fingerprint density at radius 2 is 1.74 bits per heavy atom. The highest BCUT2D eigenvalue weighted by atomic mass is 16.6. The number of rotatable bonds is 3. The second kappa shape index (κ2) is 5.01. The Balaban J connectivity index is 3.24. The summed E-state index contributed by atoms with van der Waals surface area (Å²) in [6, 6.07) is 2.92. The van der Waals surface area contributed by atoms with Gasteiger partial charge in [0.1, 0.15) is 5.56 Å². The smallest absolute Gasteiger partial charge is 0.289 e. The third-order valence-corrected chi connectivity index (χ3v) is 2.12. The lowest BCUT2D eigenvalue weighted by Crippen LogP contribution is -2.40. The van der Waals surface area contributed by atoms with E-state index in [1.165, 1.54) is 0 Å². The van der Waals surface area contributed by atoms with Crippen molar-refractivity contribution < 1.29 is 14.6 Å². The number of nitrogens with zero attached hydrogens (tertiary/aromatic N) is 2. The topological polar surface area (TPSA) is 115 Å². The van der Waals surface area contributed by atoms with Crippen molar-refractivity contribution in [3.05, 3.63) is 44.0 Å². The number of hydrogen-bond acceptors (Lipinski definition) is 5. The van der Waals surface area contributed by atoms with Crippen molar-refractivity contribution >= 4 is 17.3 Å². The first-order chi connectivity index (χ1) is 8.61. The van der Waals surface area contributed by atoms with Crippen molar-refractivity contribution in [2.45, 2.75) is 26.3 Å². The zero-order chi connectivity index (χ0) is 14.8. The number of amides is 1. The quantitative estimate of drug-likeness (QED) is 0.664. The van der Waals surface area contributed by atoms with E-state index in [1.54, 1.807) is 20.8 Å². The second-order valence-corrected chi connectivity index (χ2v) is 4.92.